The van der Waals surface area contributed by atoms with E-state index in [0.29, 0.717) is 0 Å². The van der Waals surface area contributed by atoms with Crippen LogP contribution in [0.1, 0.15) is 27.4 Å². The molecule has 0 fully saturated rings. The minimum absolute atomic E-state index is 0.226. The fourth-order valence-electron chi connectivity index (χ4n) is 4.56. The Bertz CT molecular complexity index is 3090. The van der Waals surface area contributed by atoms with Gasteiger partial charge in [-0.2, -0.15) is 0 Å². The van der Waals surface area contributed by atoms with Crippen molar-refractivity contribution in [3.63, 3.8) is 0 Å². The predicted octanol–water partition coefficient (Wildman–Crippen LogP) is 9.97. The first-order chi connectivity index (χ1) is 26.2. The Hall–Kier alpha value is -4.82. The highest BCUT2D eigenvalue weighted by Crippen LogP contribution is 2.46. The van der Waals surface area contributed by atoms with E-state index in [0.717, 1.165) is 0 Å². The standard InChI is InChI=1S/C34H20O2/c1-2-9-21(10-3-1)31-22-11-4-6-13-24(22)32(25-14-7-5-12-23(25)31)27-15-8-16-28-33-26-19-20-35-29(26)17-18-30(33)36-34(27)28/h1-20H/i1D,2D,3D,4D,5D,6D,7D,8D,9D,10D,11D,12D,13D,14D,15D,16D,17D,18D,19D,20D. The van der Waals surface area contributed by atoms with Gasteiger partial charge in [0.05, 0.1) is 32.3 Å². The van der Waals surface area contributed by atoms with Crippen molar-refractivity contribution in [2.45, 2.75) is 0 Å². The summed E-state index contributed by atoms with van der Waals surface area (Å²) in [7, 11) is 0. The lowest BCUT2D eigenvalue weighted by Gasteiger charge is -2.17. The van der Waals surface area contributed by atoms with E-state index in [1.165, 1.54) is 0 Å². The molecule has 2 heterocycles. The summed E-state index contributed by atoms with van der Waals surface area (Å²) in [6, 6.07) is -15.3. The summed E-state index contributed by atoms with van der Waals surface area (Å²) in [5.74, 6) is 0. The van der Waals surface area contributed by atoms with E-state index >= 15 is 0 Å². The topological polar surface area (TPSA) is 26.3 Å². The smallest absolute Gasteiger partial charge is 0.143 e. The van der Waals surface area contributed by atoms with Gasteiger partial charge in [0, 0.05) is 27.3 Å². The van der Waals surface area contributed by atoms with Crippen LogP contribution >= 0.6 is 0 Å². The second-order valence-corrected chi connectivity index (χ2v) is 7.79. The molecule has 0 saturated carbocycles. The normalized spacial score (nSPS) is 19.7. The first kappa shape index (κ1) is 8.39. The molecule has 0 aliphatic heterocycles. The summed E-state index contributed by atoms with van der Waals surface area (Å²) in [5.41, 5.74) is -3.68. The van der Waals surface area contributed by atoms with E-state index in [2.05, 4.69) is 0 Å². The lowest BCUT2D eigenvalue weighted by atomic mass is 9.85. The maximum atomic E-state index is 9.24. The third kappa shape index (κ3) is 2.61. The maximum absolute atomic E-state index is 9.24. The number of fused-ring (bicyclic) bond motifs is 7. The Kier molecular flexibility index (Phi) is 1.71. The summed E-state index contributed by atoms with van der Waals surface area (Å²) < 4.78 is 186. The third-order valence-corrected chi connectivity index (χ3v) is 5.98. The summed E-state index contributed by atoms with van der Waals surface area (Å²) in [6.07, 6.45) is -0.697. The van der Waals surface area contributed by atoms with Crippen LogP contribution in [0.5, 0.6) is 0 Å². The van der Waals surface area contributed by atoms with E-state index < -0.39 is 176 Å². The number of para-hydroxylation sites is 1. The Labute approximate surface area is 235 Å². The molecule has 0 aliphatic carbocycles. The van der Waals surface area contributed by atoms with Crippen molar-refractivity contribution in [2.24, 2.45) is 0 Å². The molecule has 0 saturated heterocycles. The molecular formula is C34H20O2. The van der Waals surface area contributed by atoms with Crippen LogP contribution < -0.4 is 0 Å². The monoisotopic (exact) mass is 480 g/mol. The molecule has 2 aromatic heterocycles. The summed E-state index contributed by atoms with van der Waals surface area (Å²) >= 11 is 0. The molecule has 0 aliphatic rings. The predicted molar refractivity (Wildman–Crippen MR) is 149 cm³/mol. The van der Waals surface area contributed by atoms with Gasteiger partial charge in [-0.15, -0.1) is 0 Å². The van der Waals surface area contributed by atoms with Crippen molar-refractivity contribution < 1.29 is 36.2 Å². The molecule has 168 valence electrons. The molecule has 0 bridgehead atoms. The Morgan fingerprint density at radius 2 is 1.08 bits per heavy atom. The molecule has 2 heteroatoms. The number of hydrogen-bond acceptors (Lipinski definition) is 2. The second kappa shape index (κ2) is 7.34. The van der Waals surface area contributed by atoms with Crippen LogP contribution in [-0.4, -0.2) is 0 Å². The molecule has 6 aromatic carbocycles. The summed E-state index contributed by atoms with van der Waals surface area (Å²) in [5, 5.41) is -3.11. The van der Waals surface area contributed by atoms with Crippen LogP contribution in [0.25, 0.3) is 76.7 Å². The molecule has 36 heavy (non-hydrogen) atoms. The molecule has 0 radical (unpaired) electrons. The lowest BCUT2D eigenvalue weighted by Crippen LogP contribution is -1.90. The highest BCUT2D eigenvalue weighted by Gasteiger charge is 2.20. The Morgan fingerprint density at radius 1 is 0.472 bits per heavy atom. The van der Waals surface area contributed by atoms with Crippen LogP contribution in [0.3, 0.4) is 0 Å². The zero-order chi connectivity index (χ0) is 41.0. The van der Waals surface area contributed by atoms with Gasteiger partial charge in [0.15, 0.2) is 0 Å². The van der Waals surface area contributed by atoms with Gasteiger partial charge in [0.1, 0.15) is 18.1 Å². The van der Waals surface area contributed by atoms with Crippen LogP contribution in [0, 0.1) is 0 Å². The Morgan fingerprint density at radius 3 is 1.81 bits per heavy atom. The van der Waals surface area contributed by atoms with E-state index in [1.54, 1.807) is 0 Å². The van der Waals surface area contributed by atoms with Crippen LogP contribution in [0.2, 0.25) is 0 Å². The molecule has 2 nitrogen and oxygen atoms in total. The molecule has 8 rings (SSSR count). The van der Waals surface area contributed by atoms with Gasteiger partial charge in [0.25, 0.3) is 0 Å². The van der Waals surface area contributed by atoms with Gasteiger partial charge < -0.3 is 8.83 Å². The average Bonchev–Trinajstić information content (AvgIpc) is 3.70. The fourth-order valence-corrected chi connectivity index (χ4v) is 4.56. The molecule has 0 unspecified atom stereocenters. The minimum Gasteiger partial charge on any atom is -0.464 e. The van der Waals surface area contributed by atoms with Crippen molar-refractivity contribution in [3.8, 4) is 22.3 Å². The quantitative estimate of drug-likeness (QED) is 0.230. The van der Waals surface area contributed by atoms with Crippen molar-refractivity contribution in [2.75, 3.05) is 0 Å². The number of furan rings is 2. The molecule has 0 N–H and O–H groups in total. The fraction of sp³-hybridized carbons (Fsp3) is 0. The summed E-state index contributed by atoms with van der Waals surface area (Å²) in [4.78, 5) is 0. The van der Waals surface area contributed by atoms with Crippen molar-refractivity contribution in [3.05, 3.63) is 121 Å². The van der Waals surface area contributed by atoms with E-state index in [1.807, 2.05) is 0 Å². The summed E-state index contributed by atoms with van der Waals surface area (Å²) in [6.45, 7) is 0. The molecule has 0 amide bonds. The van der Waals surface area contributed by atoms with Gasteiger partial charge in [-0.1, -0.05) is 96.7 Å². The third-order valence-electron chi connectivity index (χ3n) is 5.98. The Balaban J connectivity index is 1.79. The zero-order valence-corrected chi connectivity index (χ0v) is 17.8. The van der Waals surface area contributed by atoms with E-state index in [9.17, 15) is 4.11 Å². The maximum Gasteiger partial charge on any atom is 0.143 e. The van der Waals surface area contributed by atoms with Crippen molar-refractivity contribution in [1.82, 2.24) is 0 Å². The molecular weight excluding hydrogens is 440 g/mol. The molecule has 0 spiro atoms. The van der Waals surface area contributed by atoms with Crippen LogP contribution in [0.4, 0.5) is 0 Å². The number of benzene rings is 6. The van der Waals surface area contributed by atoms with Crippen LogP contribution in [-0.2, 0) is 0 Å². The van der Waals surface area contributed by atoms with Crippen molar-refractivity contribution in [1.29, 1.82) is 0 Å². The highest BCUT2D eigenvalue weighted by atomic mass is 16.3. The molecule has 0 atom stereocenters. The van der Waals surface area contributed by atoms with Gasteiger partial charge in [-0.3, -0.25) is 0 Å². The molecule has 8 aromatic rings. The van der Waals surface area contributed by atoms with Gasteiger partial charge >= 0.3 is 0 Å². The first-order valence-electron chi connectivity index (χ1n) is 20.6. The van der Waals surface area contributed by atoms with Crippen molar-refractivity contribution >= 4 is 54.5 Å². The van der Waals surface area contributed by atoms with E-state index in [4.69, 9.17) is 32.1 Å². The van der Waals surface area contributed by atoms with Crippen LogP contribution in [0.15, 0.2) is 130 Å². The minimum atomic E-state index is -0.874. The largest absolute Gasteiger partial charge is 0.464 e. The SMILES string of the molecule is [2H]c1oc2c([2H])c([2H])c3oc4c(-c5c6c([2H])c([2H])c([2H])c([2H])c6c(-c6c([2H])c([2H])c([2H])c([2H])c6[2H])c6c([2H])c([2H])c([2H])c([2H])c56)c([2H])c([2H])c([2H])c4c3c2c1[2H]. The number of hydrogen-bond donors (Lipinski definition) is 0. The number of rotatable bonds is 2. The van der Waals surface area contributed by atoms with Gasteiger partial charge in [-0.25, -0.2) is 0 Å². The average molecular weight is 481 g/mol. The first-order valence-corrected chi connectivity index (χ1v) is 10.6. The second-order valence-electron chi connectivity index (χ2n) is 7.79. The van der Waals surface area contributed by atoms with Gasteiger partial charge in [-0.05, 0) is 50.8 Å². The zero-order valence-electron chi connectivity index (χ0n) is 37.8. The van der Waals surface area contributed by atoms with Gasteiger partial charge in [0.2, 0.25) is 0 Å². The lowest BCUT2D eigenvalue weighted by molar-refractivity contribution is 0.615. The highest BCUT2D eigenvalue weighted by molar-refractivity contribution is 6.26. The van der Waals surface area contributed by atoms with E-state index in [-0.39, 0.29) is 21.7 Å².